The van der Waals surface area contributed by atoms with Crippen molar-refractivity contribution in [2.45, 2.75) is 44.1 Å². The van der Waals surface area contributed by atoms with Gasteiger partial charge in [0.15, 0.2) is 0 Å². The lowest BCUT2D eigenvalue weighted by molar-refractivity contribution is 0.428. The Kier molecular flexibility index (Phi) is 4.62. The van der Waals surface area contributed by atoms with Gasteiger partial charge in [0, 0.05) is 12.0 Å². The number of imidazole rings is 1. The molecule has 1 atom stereocenters. The number of rotatable bonds is 5. The molecule has 0 spiro atoms. The highest BCUT2D eigenvalue weighted by Gasteiger charge is 2.28. The molecule has 1 aliphatic carbocycles. The van der Waals surface area contributed by atoms with Gasteiger partial charge >= 0.3 is 5.69 Å². The molecule has 1 fully saturated rings. The Bertz CT molecular complexity index is 672. The number of H-pyrrole nitrogens is 1. The Morgan fingerprint density at radius 1 is 1.27 bits per heavy atom. The number of aromatic nitrogens is 2. The first-order valence-corrected chi connectivity index (χ1v) is 8.52. The van der Waals surface area contributed by atoms with Gasteiger partial charge in [-0.1, -0.05) is 43.2 Å². The smallest absolute Gasteiger partial charge is 0.328 e. The predicted octanol–water partition coefficient (Wildman–Crippen LogP) is 3.25. The van der Waals surface area contributed by atoms with Crippen LogP contribution >= 0.6 is 12.6 Å². The molecule has 1 aromatic carbocycles. The summed E-state index contributed by atoms with van der Waals surface area (Å²) >= 11 is 4.46. The van der Waals surface area contributed by atoms with Crippen molar-refractivity contribution < 1.29 is 5.11 Å². The first-order chi connectivity index (χ1) is 10.7. The van der Waals surface area contributed by atoms with Gasteiger partial charge in [-0.05, 0) is 30.6 Å². The monoisotopic (exact) mass is 318 g/mol. The molecule has 118 valence electrons. The molecule has 0 bridgehead atoms. The van der Waals surface area contributed by atoms with Crippen LogP contribution in [0, 0.1) is 0 Å². The fraction of sp³-hybridized carbons (Fsp3) is 0.471. The molecule has 1 heterocycles. The van der Waals surface area contributed by atoms with Crippen LogP contribution in [0.25, 0.3) is 0 Å². The highest BCUT2D eigenvalue weighted by Crippen LogP contribution is 2.35. The van der Waals surface area contributed by atoms with Crippen LogP contribution in [0.4, 0.5) is 0 Å². The highest BCUT2D eigenvalue weighted by molar-refractivity contribution is 7.80. The second-order valence-corrected chi connectivity index (χ2v) is 6.41. The predicted molar refractivity (Wildman–Crippen MR) is 91.0 cm³/mol. The summed E-state index contributed by atoms with van der Waals surface area (Å²) in [6, 6.07) is 10.3. The van der Waals surface area contributed by atoms with Crippen molar-refractivity contribution in [3.63, 3.8) is 0 Å². The van der Waals surface area contributed by atoms with Crippen molar-refractivity contribution in [2.24, 2.45) is 0 Å². The zero-order valence-electron chi connectivity index (χ0n) is 12.5. The largest absolute Gasteiger partial charge is 0.493 e. The van der Waals surface area contributed by atoms with Gasteiger partial charge in [0.1, 0.15) is 0 Å². The maximum absolute atomic E-state index is 12.2. The third-order valence-electron chi connectivity index (χ3n) is 4.57. The van der Waals surface area contributed by atoms with E-state index >= 15 is 0 Å². The molecule has 2 aromatic rings. The molecule has 2 N–H and O–H groups in total. The summed E-state index contributed by atoms with van der Waals surface area (Å²) in [7, 11) is 0. The first-order valence-electron chi connectivity index (χ1n) is 7.89. The highest BCUT2D eigenvalue weighted by atomic mass is 32.1. The zero-order chi connectivity index (χ0) is 15.5. The van der Waals surface area contributed by atoms with Gasteiger partial charge in [0.2, 0.25) is 5.88 Å². The minimum absolute atomic E-state index is 0.00637. The van der Waals surface area contributed by atoms with Crippen molar-refractivity contribution >= 4 is 12.6 Å². The third kappa shape index (κ3) is 2.95. The summed E-state index contributed by atoms with van der Waals surface area (Å²) in [5.41, 5.74) is 1.71. The molecule has 3 rings (SSSR count). The average molecular weight is 318 g/mol. The fourth-order valence-corrected chi connectivity index (χ4v) is 3.81. The standard InChI is InChI=1S/C17H22N2O2S/c20-16-15(13(11-22)10-12-6-2-1-3-7-12)19(17(21)18-16)14-8-4-5-9-14/h1-3,6-7,13-14,20,22H,4-5,8-11H2,(H,18,21). The van der Waals surface area contributed by atoms with E-state index in [0.717, 1.165) is 37.8 Å². The molecule has 1 aliphatic rings. The van der Waals surface area contributed by atoms with Crippen LogP contribution in [-0.2, 0) is 6.42 Å². The van der Waals surface area contributed by atoms with Crippen LogP contribution in [0.3, 0.4) is 0 Å². The van der Waals surface area contributed by atoms with Gasteiger partial charge in [-0.2, -0.15) is 12.6 Å². The fourth-order valence-electron chi connectivity index (χ4n) is 3.51. The van der Waals surface area contributed by atoms with Crippen LogP contribution in [0.5, 0.6) is 5.88 Å². The second kappa shape index (κ2) is 6.65. The van der Waals surface area contributed by atoms with Gasteiger partial charge in [0.05, 0.1) is 5.69 Å². The van der Waals surface area contributed by atoms with E-state index in [4.69, 9.17) is 0 Å². The molecular weight excluding hydrogens is 296 g/mol. The molecule has 0 radical (unpaired) electrons. The molecule has 22 heavy (non-hydrogen) atoms. The summed E-state index contributed by atoms with van der Waals surface area (Å²) in [4.78, 5) is 14.8. The molecule has 0 saturated heterocycles. The zero-order valence-corrected chi connectivity index (χ0v) is 13.4. The maximum Gasteiger partial charge on any atom is 0.328 e. The number of hydrogen-bond donors (Lipinski definition) is 3. The summed E-state index contributed by atoms with van der Waals surface area (Å²) in [5, 5.41) is 10.2. The summed E-state index contributed by atoms with van der Waals surface area (Å²) in [6.45, 7) is 0. The molecule has 0 amide bonds. The molecular formula is C17H22N2O2S. The normalized spacial score (nSPS) is 17.0. The first kappa shape index (κ1) is 15.3. The minimum atomic E-state index is -0.195. The molecule has 4 nitrogen and oxygen atoms in total. The number of nitrogens with zero attached hydrogens (tertiary/aromatic N) is 1. The average Bonchev–Trinajstić information content (AvgIpc) is 3.13. The summed E-state index contributed by atoms with van der Waals surface area (Å²) in [5.74, 6) is 0.615. The lowest BCUT2D eigenvalue weighted by atomic mass is 9.97. The Balaban J connectivity index is 1.96. The molecule has 5 heteroatoms. The Morgan fingerprint density at radius 2 is 1.95 bits per heavy atom. The van der Waals surface area contributed by atoms with E-state index in [1.54, 1.807) is 4.57 Å². The van der Waals surface area contributed by atoms with Crippen molar-refractivity contribution in [2.75, 3.05) is 5.75 Å². The van der Waals surface area contributed by atoms with E-state index in [1.807, 2.05) is 18.2 Å². The van der Waals surface area contributed by atoms with Crippen molar-refractivity contribution in [1.82, 2.24) is 9.55 Å². The van der Waals surface area contributed by atoms with Crippen molar-refractivity contribution in [3.8, 4) is 5.88 Å². The lowest BCUT2D eigenvalue weighted by Crippen LogP contribution is -2.24. The lowest BCUT2D eigenvalue weighted by Gasteiger charge is -2.20. The summed E-state index contributed by atoms with van der Waals surface area (Å²) < 4.78 is 1.78. The van der Waals surface area contributed by atoms with Crippen LogP contribution in [0.1, 0.15) is 48.9 Å². The number of aromatic hydroxyl groups is 1. The topological polar surface area (TPSA) is 58.0 Å². The molecule has 1 unspecified atom stereocenters. The maximum atomic E-state index is 12.2. The number of benzene rings is 1. The van der Waals surface area contributed by atoms with Crippen LogP contribution < -0.4 is 5.69 Å². The van der Waals surface area contributed by atoms with E-state index in [9.17, 15) is 9.90 Å². The Morgan fingerprint density at radius 3 is 2.59 bits per heavy atom. The minimum Gasteiger partial charge on any atom is -0.493 e. The third-order valence-corrected chi connectivity index (χ3v) is 5.01. The van der Waals surface area contributed by atoms with Crippen molar-refractivity contribution in [3.05, 3.63) is 52.1 Å². The Hall–Kier alpha value is -1.62. The summed E-state index contributed by atoms with van der Waals surface area (Å²) in [6.07, 6.45) is 5.07. The number of nitrogens with one attached hydrogen (secondary N) is 1. The van der Waals surface area contributed by atoms with Gasteiger partial charge in [0.25, 0.3) is 0 Å². The van der Waals surface area contributed by atoms with E-state index < -0.39 is 0 Å². The Labute approximate surface area is 135 Å². The SMILES string of the molecule is O=c1[nH]c(O)c(C(CS)Cc2ccccc2)n1C1CCCC1. The van der Waals surface area contributed by atoms with Crippen LogP contribution in [0.15, 0.2) is 35.1 Å². The van der Waals surface area contributed by atoms with Crippen LogP contribution in [-0.4, -0.2) is 20.4 Å². The van der Waals surface area contributed by atoms with Crippen molar-refractivity contribution in [1.29, 1.82) is 0 Å². The van der Waals surface area contributed by atoms with E-state index in [-0.39, 0.29) is 23.5 Å². The molecule has 0 aliphatic heterocycles. The molecule has 1 saturated carbocycles. The van der Waals surface area contributed by atoms with Gasteiger partial charge in [-0.25, -0.2) is 4.79 Å². The van der Waals surface area contributed by atoms with Gasteiger partial charge in [-0.3, -0.25) is 9.55 Å². The number of aromatic amines is 1. The quantitative estimate of drug-likeness (QED) is 0.741. The number of hydrogen-bond acceptors (Lipinski definition) is 3. The second-order valence-electron chi connectivity index (χ2n) is 6.04. The van der Waals surface area contributed by atoms with Gasteiger partial charge in [-0.15, -0.1) is 0 Å². The van der Waals surface area contributed by atoms with E-state index in [2.05, 4.69) is 29.7 Å². The van der Waals surface area contributed by atoms with E-state index in [0.29, 0.717) is 5.75 Å². The molecule has 1 aromatic heterocycles. The number of thiol groups is 1. The van der Waals surface area contributed by atoms with E-state index in [1.165, 1.54) is 5.56 Å². The van der Waals surface area contributed by atoms with Crippen LogP contribution in [0.2, 0.25) is 0 Å². The van der Waals surface area contributed by atoms with Gasteiger partial charge < -0.3 is 5.11 Å².